The number of ether oxygens (including phenoxy) is 1. The van der Waals surface area contributed by atoms with E-state index >= 15 is 0 Å². The van der Waals surface area contributed by atoms with E-state index in [1.165, 1.54) is 19.2 Å². The molecule has 0 saturated carbocycles. The first-order valence-corrected chi connectivity index (χ1v) is 8.96. The van der Waals surface area contributed by atoms with Crippen LogP contribution < -0.4 is 19.2 Å². The van der Waals surface area contributed by atoms with Gasteiger partial charge in [-0.3, -0.25) is 5.43 Å². The lowest BCUT2D eigenvalue weighted by Crippen LogP contribution is -2.29. The summed E-state index contributed by atoms with van der Waals surface area (Å²) in [5.41, 5.74) is 3.33. The molecule has 3 aromatic rings. The first-order valence-electron chi connectivity index (χ1n) is 7.88. The average Bonchev–Trinajstić information content (AvgIpc) is 2.65. The van der Waals surface area contributed by atoms with Gasteiger partial charge in [0.15, 0.2) is 17.3 Å². The minimum absolute atomic E-state index is 0.0844. The van der Waals surface area contributed by atoms with Crippen molar-refractivity contribution in [1.29, 1.82) is 0 Å². The van der Waals surface area contributed by atoms with Gasteiger partial charge in [-0.2, -0.15) is 17.4 Å². The molecule has 148 valence electrons. The molecule has 0 spiro atoms. The van der Waals surface area contributed by atoms with Crippen molar-refractivity contribution in [3.8, 4) is 11.5 Å². The van der Waals surface area contributed by atoms with Crippen molar-refractivity contribution in [2.24, 2.45) is 0 Å². The van der Waals surface area contributed by atoms with E-state index in [-0.39, 0.29) is 17.1 Å². The molecule has 0 bridgehead atoms. The van der Waals surface area contributed by atoms with Crippen molar-refractivity contribution in [3.63, 3.8) is 0 Å². The van der Waals surface area contributed by atoms with Crippen molar-refractivity contribution in [3.05, 3.63) is 53.9 Å². The van der Waals surface area contributed by atoms with Gasteiger partial charge in [-0.15, -0.1) is 4.83 Å². The zero-order chi connectivity index (χ0) is 20.3. The molecule has 7 nitrogen and oxygen atoms in total. The fourth-order valence-electron chi connectivity index (χ4n) is 2.34. The van der Waals surface area contributed by atoms with Gasteiger partial charge in [0.2, 0.25) is 5.82 Å². The second-order valence-electron chi connectivity index (χ2n) is 5.61. The van der Waals surface area contributed by atoms with E-state index in [0.717, 1.165) is 5.56 Å². The lowest BCUT2D eigenvalue weighted by molar-refractivity contribution is -0.144. The second-order valence-corrected chi connectivity index (χ2v) is 6.45. The third-order valence-electron chi connectivity index (χ3n) is 3.59. The summed E-state index contributed by atoms with van der Waals surface area (Å²) in [7, 11) is 1.43. The molecule has 2 aromatic carbocycles. The maximum absolute atomic E-state index is 13.0. The van der Waals surface area contributed by atoms with E-state index in [2.05, 4.69) is 20.2 Å². The smallest absolute Gasteiger partial charge is 0.451 e. The normalized spacial score (nSPS) is 12.6. The van der Waals surface area contributed by atoms with Gasteiger partial charge in [-0.05, 0) is 36.8 Å². The standard InChI is InChI=1S/C17H15F3N4O3S/c1-10-7-8-13(26-2)14(9-10)27-28(25)24-23-15-11-5-3-4-6-12(11)21-16(22-15)17(18,19)20/h3-9,24H,1-2H3,(H,21,22,23). The highest BCUT2D eigenvalue weighted by Crippen LogP contribution is 2.30. The largest absolute Gasteiger partial charge is 0.493 e. The number of nitrogens with one attached hydrogen (secondary N) is 2. The zero-order valence-electron chi connectivity index (χ0n) is 14.7. The quantitative estimate of drug-likeness (QED) is 0.603. The summed E-state index contributed by atoms with van der Waals surface area (Å²) in [6.45, 7) is 1.81. The molecular weight excluding hydrogens is 397 g/mol. The monoisotopic (exact) mass is 412 g/mol. The van der Waals surface area contributed by atoms with Gasteiger partial charge in [0.05, 0.1) is 12.6 Å². The highest BCUT2D eigenvalue weighted by Gasteiger charge is 2.35. The van der Waals surface area contributed by atoms with Crippen molar-refractivity contribution in [1.82, 2.24) is 14.8 Å². The number of hydrogen-bond acceptors (Lipinski definition) is 6. The lowest BCUT2D eigenvalue weighted by atomic mass is 10.2. The van der Waals surface area contributed by atoms with Gasteiger partial charge in [0.1, 0.15) is 0 Å². The first kappa shape index (κ1) is 19.8. The lowest BCUT2D eigenvalue weighted by Gasteiger charge is -2.13. The number of hydrazine groups is 1. The van der Waals surface area contributed by atoms with Crippen LogP contribution in [0.1, 0.15) is 11.4 Å². The summed E-state index contributed by atoms with van der Waals surface area (Å²) in [6.07, 6.45) is -4.73. The Labute approximate surface area is 160 Å². The predicted octanol–water partition coefficient (Wildman–Crippen LogP) is 3.54. The number of aromatic nitrogens is 2. The summed E-state index contributed by atoms with van der Waals surface area (Å²) in [5, 5.41) is 0.313. The van der Waals surface area contributed by atoms with Crippen LogP contribution in [0.4, 0.5) is 19.0 Å². The molecule has 1 aromatic heterocycles. The molecule has 1 unspecified atom stereocenters. The topological polar surface area (TPSA) is 85.4 Å². The molecule has 0 fully saturated rings. The molecule has 0 radical (unpaired) electrons. The number of para-hydroxylation sites is 1. The number of anilines is 1. The molecule has 3 rings (SSSR count). The molecule has 0 aliphatic rings. The molecule has 0 aliphatic heterocycles. The Kier molecular flexibility index (Phi) is 5.66. The van der Waals surface area contributed by atoms with Crippen LogP contribution in [0.15, 0.2) is 42.5 Å². The van der Waals surface area contributed by atoms with Gasteiger partial charge in [-0.25, -0.2) is 9.97 Å². The van der Waals surface area contributed by atoms with Gasteiger partial charge in [-0.1, -0.05) is 18.2 Å². The number of nitrogens with zero attached hydrogens (tertiary/aromatic N) is 2. The Morgan fingerprint density at radius 3 is 2.54 bits per heavy atom. The van der Waals surface area contributed by atoms with E-state index in [1.54, 1.807) is 30.3 Å². The number of benzene rings is 2. The highest BCUT2D eigenvalue weighted by molar-refractivity contribution is 7.78. The van der Waals surface area contributed by atoms with Crippen LogP contribution in [-0.4, -0.2) is 21.3 Å². The fourth-order valence-corrected chi connectivity index (χ4v) is 2.86. The van der Waals surface area contributed by atoms with Gasteiger partial charge < -0.3 is 8.92 Å². The van der Waals surface area contributed by atoms with E-state index in [4.69, 9.17) is 8.92 Å². The number of hydrogen-bond donors (Lipinski definition) is 2. The maximum Gasteiger partial charge on any atom is 0.451 e. The fraction of sp³-hybridized carbons (Fsp3) is 0.176. The number of fused-ring (bicyclic) bond motifs is 1. The number of alkyl halides is 3. The van der Waals surface area contributed by atoms with Crippen LogP contribution in [0.2, 0.25) is 0 Å². The number of methoxy groups -OCH3 is 1. The first-order chi connectivity index (χ1) is 13.3. The van der Waals surface area contributed by atoms with Crippen molar-refractivity contribution < 1.29 is 26.3 Å². The predicted molar refractivity (Wildman–Crippen MR) is 97.8 cm³/mol. The van der Waals surface area contributed by atoms with Crippen LogP contribution in [0, 0.1) is 6.92 Å². The minimum Gasteiger partial charge on any atom is -0.493 e. The zero-order valence-corrected chi connectivity index (χ0v) is 15.5. The van der Waals surface area contributed by atoms with Crippen molar-refractivity contribution >= 4 is 28.0 Å². The summed E-state index contributed by atoms with van der Waals surface area (Å²) in [6, 6.07) is 11.2. The van der Waals surface area contributed by atoms with Gasteiger partial charge in [0.25, 0.3) is 0 Å². The van der Waals surface area contributed by atoms with E-state index in [0.29, 0.717) is 11.1 Å². The molecule has 0 amide bonds. The van der Waals surface area contributed by atoms with Crippen LogP contribution in [0.25, 0.3) is 10.9 Å². The third-order valence-corrected chi connectivity index (χ3v) is 4.19. The molecule has 0 saturated heterocycles. The summed E-state index contributed by atoms with van der Waals surface area (Å²) in [4.78, 5) is 9.26. The molecule has 0 aliphatic carbocycles. The maximum atomic E-state index is 13.0. The van der Waals surface area contributed by atoms with Crippen LogP contribution in [0.3, 0.4) is 0 Å². The van der Waals surface area contributed by atoms with E-state index in [9.17, 15) is 17.4 Å². The summed E-state index contributed by atoms with van der Waals surface area (Å²) >= 11 is -2.15. The Morgan fingerprint density at radius 1 is 1.07 bits per heavy atom. The Balaban J connectivity index is 1.81. The number of halogens is 3. The summed E-state index contributed by atoms with van der Waals surface area (Å²) in [5.74, 6) is -0.945. The minimum atomic E-state index is -4.73. The van der Waals surface area contributed by atoms with Crippen molar-refractivity contribution in [2.75, 3.05) is 12.5 Å². The highest BCUT2D eigenvalue weighted by atomic mass is 32.2. The van der Waals surface area contributed by atoms with Gasteiger partial charge in [0, 0.05) is 5.39 Å². The molecule has 2 N–H and O–H groups in total. The Bertz CT molecular complexity index is 1030. The van der Waals surface area contributed by atoms with E-state index in [1.807, 2.05) is 6.92 Å². The molecule has 1 atom stereocenters. The van der Waals surface area contributed by atoms with Crippen LogP contribution in [0.5, 0.6) is 11.5 Å². The molecular formula is C17H15F3N4O3S. The van der Waals surface area contributed by atoms with Gasteiger partial charge >= 0.3 is 17.4 Å². The van der Waals surface area contributed by atoms with Crippen LogP contribution in [-0.2, 0) is 17.4 Å². The number of aryl methyl sites for hydroxylation is 1. The molecule has 11 heteroatoms. The van der Waals surface area contributed by atoms with Crippen molar-refractivity contribution in [2.45, 2.75) is 13.1 Å². The second kappa shape index (κ2) is 7.98. The third kappa shape index (κ3) is 4.49. The average molecular weight is 412 g/mol. The number of rotatable bonds is 6. The summed E-state index contributed by atoms with van der Waals surface area (Å²) < 4.78 is 61.7. The Morgan fingerprint density at radius 2 is 1.82 bits per heavy atom. The van der Waals surface area contributed by atoms with E-state index < -0.39 is 23.3 Å². The Hall–Kier alpha value is -2.92. The van der Waals surface area contributed by atoms with Crippen LogP contribution >= 0.6 is 0 Å². The molecule has 28 heavy (non-hydrogen) atoms. The molecule has 1 heterocycles. The SMILES string of the molecule is COc1ccc(C)cc1OS(=O)NNc1nc(C(F)(F)F)nc2ccccc12.